The van der Waals surface area contributed by atoms with E-state index in [2.05, 4.69) is 36.4 Å². The van der Waals surface area contributed by atoms with E-state index in [1.807, 2.05) is 11.7 Å². The molecule has 0 unspecified atom stereocenters. The largest absolute Gasteiger partial charge is 0.314 e. The normalized spacial score (nSPS) is 11.2. The van der Waals surface area contributed by atoms with Crippen molar-refractivity contribution in [2.45, 2.75) is 39.8 Å². The lowest BCUT2D eigenvalue weighted by molar-refractivity contribution is 0.578. The molecule has 0 atom stereocenters. The average molecular weight is 182 g/mol. The van der Waals surface area contributed by atoms with Crippen molar-refractivity contribution in [1.82, 2.24) is 20.3 Å². The highest BCUT2D eigenvalue weighted by molar-refractivity contribution is 5.13. The summed E-state index contributed by atoms with van der Waals surface area (Å²) in [6, 6.07) is 0. The van der Waals surface area contributed by atoms with Gasteiger partial charge in [0.1, 0.15) is 0 Å². The van der Waals surface area contributed by atoms with Gasteiger partial charge in [0.25, 0.3) is 0 Å². The molecule has 4 heteroatoms. The molecule has 4 nitrogen and oxygen atoms in total. The van der Waals surface area contributed by atoms with Gasteiger partial charge >= 0.3 is 0 Å². The fourth-order valence-corrected chi connectivity index (χ4v) is 1.51. The van der Waals surface area contributed by atoms with E-state index in [1.165, 1.54) is 5.69 Å². The summed E-state index contributed by atoms with van der Waals surface area (Å²) in [4.78, 5) is 0. The van der Waals surface area contributed by atoms with Gasteiger partial charge in [-0.2, -0.15) is 0 Å². The molecule has 0 bridgehead atoms. The van der Waals surface area contributed by atoms with Crippen molar-refractivity contribution in [3.05, 3.63) is 11.4 Å². The maximum atomic E-state index is 4.15. The van der Waals surface area contributed by atoms with Crippen molar-refractivity contribution in [3.63, 3.8) is 0 Å². The number of hydrogen-bond donors (Lipinski definition) is 1. The van der Waals surface area contributed by atoms with E-state index in [9.17, 15) is 0 Å². The van der Waals surface area contributed by atoms with Crippen LogP contribution in [0.2, 0.25) is 0 Å². The van der Waals surface area contributed by atoms with Crippen molar-refractivity contribution >= 4 is 0 Å². The molecular formula is C9H18N4. The smallest absolute Gasteiger partial charge is 0.0999 e. The van der Waals surface area contributed by atoms with Gasteiger partial charge < -0.3 is 5.32 Å². The molecule has 0 saturated heterocycles. The van der Waals surface area contributed by atoms with E-state index in [-0.39, 0.29) is 0 Å². The van der Waals surface area contributed by atoms with Gasteiger partial charge in [0, 0.05) is 13.1 Å². The lowest BCUT2D eigenvalue weighted by Crippen LogP contribution is -2.10. The molecule has 1 heterocycles. The second-order valence-electron chi connectivity index (χ2n) is 3.42. The summed E-state index contributed by atoms with van der Waals surface area (Å²) >= 11 is 0. The summed E-state index contributed by atoms with van der Waals surface area (Å²) in [6.45, 7) is 8.12. The number of aromatic nitrogens is 3. The predicted octanol–water partition coefficient (Wildman–Crippen LogP) is 1.14. The first-order chi connectivity index (χ1) is 6.20. The van der Waals surface area contributed by atoms with Crippen molar-refractivity contribution < 1.29 is 0 Å². The molecule has 0 saturated carbocycles. The van der Waals surface area contributed by atoms with Gasteiger partial charge in [0.05, 0.1) is 11.4 Å². The molecule has 1 N–H and O–H groups in total. The van der Waals surface area contributed by atoms with E-state index < -0.39 is 0 Å². The van der Waals surface area contributed by atoms with Crippen molar-refractivity contribution in [2.24, 2.45) is 0 Å². The van der Waals surface area contributed by atoms with Crippen LogP contribution in [0.4, 0.5) is 0 Å². The Kier molecular flexibility index (Phi) is 3.42. The van der Waals surface area contributed by atoms with Crippen molar-refractivity contribution in [1.29, 1.82) is 0 Å². The highest BCUT2D eigenvalue weighted by atomic mass is 15.4. The third kappa shape index (κ3) is 2.06. The highest BCUT2D eigenvalue weighted by Gasteiger charge is 2.13. The second-order valence-corrected chi connectivity index (χ2v) is 3.42. The topological polar surface area (TPSA) is 42.7 Å². The van der Waals surface area contributed by atoms with Gasteiger partial charge in [-0.3, -0.25) is 0 Å². The molecular weight excluding hydrogens is 164 g/mol. The SMILES string of the molecule is CCn1nnc(CNC)c1C(C)C. The summed E-state index contributed by atoms with van der Waals surface area (Å²) in [6.07, 6.45) is 0. The zero-order valence-corrected chi connectivity index (χ0v) is 8.83. The third-order valence-electron chi connectivity index (χ3n) is 2.04. The van der Waals surface area contributed by atoms with E-state index in [1.54, 1.807) is 0 Å². The molecule has 0 aliphatic rings. The van der Waals surface area contributed by atoms with Crippen LogP contribution in [-0.2, 0) is 13.1 Å². The third-order valence-corrected chi connectivity index (χ3v) is 2.04. The van der Waals surface area contributed by atoms with Crippen molar-refractivity contribution in [3.8, 4) is 0 Å². The average Bonchev–Trinajstić information content (AvgIpc) is 2.48. The summed E-state index contributed by atoms with van der Waals surface area (Å²) in [5.41, 5.74) is 2.32. The summed E-state index contributed by atoms with van der Waals surface area (Å²) in [5, 5.41) is 11.4. The summed E-state index contributed by atoms with van der Waals surface area (Å²) < 4.78 is 1.97. The van der Waals surface area contributed by atoms with Crippen LogP contribution in [-0.4, -0.2) is 22.0 Å². The van der Waals surface area contributed by atoms with Gasteiger partial charge in [-0.05, 0) is 19.9 Å². The van der Waals surface area contributed by atoms with Crippen LogP contribution in [0.3, 0.4) is 0 Å². The fraction of sp³-hybridized carbons (Fsp3) is 0.778. The van der Waals surface area contributed by atoms with Gasteiger partial charge in [0.2, 0.25) is 0 Å². The number of nitrogens with zero attached hydrogens (tertiary/aromatic N) is 3. The monoisotopic (exact) mass is 182 g/mol. The summed E-state index contributed by atoms with van der Waals surface area (Å²) in [7, 11) is 1.93. The van der Waals surface area contributed by atoms with Crippen LogP contribution in [0.1, 0.15) is 38.1 Å². The maximum absolute atomic E-state index is 4.15. The lowest BCUT2D eigenvalue weighted by atomic mass is 10.1. The Labute approximate surface area is 79.3 Å². The van der Waals surface area contributed by atoms with Crippen LogP contribution in [0.5, 0.6) is 0 Å². The van der Waals surface area contributed by atoms with E-state index in [4.69, 9.17) is 0 Å². The fourth-order valence-electron chi connectivity index (χ4n) is 1.51. The molecule has 13 heavy (non-hydrogen) atoms. The minimum Gasteiger partial charge on any atom is -0.314 e. The van der Waals surface area contributed by atoms with Gasteiger partial charge in [-0.15, -0.1) is 5.10 Å². The first-order valence-corrected chi connectivity index (χ1v) is 4.77. The number of hydrogen-bond acceptors (Lipinski definition) is 3. The Balaban J connectivity index is 2.99. The first-order valence-electron chi connectivity index (χ1n) is 4.77. The van der Waals surface area contributed by atoms with Gasteiger partial charge in [-0.1, -0.05) is 19.1 Å². The van der Waals surface area contributed by atoms with Gasteiger partial charge in [0.15, 0.2) is 0 Å². The minimum atomic E-state index is 0.485. The zero-order valence-electron chi connectivity index (χ0n) is 8.83. The van der Waals surface area contributed by atoms with E-state index in [0.717, 1.165) is 18.8 Å². The molecule has 0 aromatic carbocycles. The molecule has 0 aliphatic heterocycles. The molecule has 0 spiro atoms. The van der Waals surface area contributed by atoms with E-state index >= 15 is 0 Å². The van der Waals surface area contributed by atoms with Gasteiger partial charge in [-0.25, -0.2) is 4.68 Å². The van der Waals surface area contributed by atoms with Crippen LogP contribution < -0.4 is 5.32 Å². The minimum absolute atomic E-state index is 0.485. The standard InChI is InChI=1S/C9H18N4/c1-5-13-9(7(2)3)8(6-10-4)11-12-13/h7,10H,5-6H2,1-4H3. The maximum Gasteiger partial charge on any atom is 0.0999 e. The van der Waals surface area contributed by atoms with Crippen LogP contribution >= 0.6 is 0 Å². The predicted molar refractivity (Wildman–Crippen MR) is 52.5 cm³/mol. The van der Waals surface area contributed by atoms with E-state index in [0.29, 0.717) is 5.92 Å². The molecule has 1 aromatic rings. The number of rotatable bonds is 4. The molecule has 0 radical (unpaired) electrons. The Morgan fingerprint density at radius 1 is 1.46 bits per heavy atom. The molecule has 1 rings (SSSR count). The summed E-state index contributed by atoms with van der Waals surface area (Å²) in [5.74, 6) is 0.485. The molecule has 1 aromatic heterocycles. The van der Waals surface area contributed by atoms with Crippen LogP contribution in [0.25, 0.3) is 0 Å². The molecule has 0 amide bonds. The van der Waals surface area contributed by atoms with Crippen LogP contribution in [0.15, 0.2) is 0 Å². The first kappa shape index (κ1) is 10.2. The Morgan fingerprint density at radius 3 is 2.62 bits per heavy atom. The zero-order chi connectivity index (χ0) is 9.84. The van der Waals surface area contributed by atoms with Crippen molar-refractivity contribution in [2.75, 3.05) is 7.05 Å². The highest BCUT2D eigenvalue weighted by Crippen LogP contribution is 2.16. The second kappa shape index (κ2) is 4.37. The number of aryl methyl sites for hydroxylation is 1. The lowest BCUT2D eigenvalue weighted by Gasteiger charge is -2.08. The Hall–Kier alpha value is -0.900. The Bertz CT molecular complexity index is 265. The number of nitrogens with one attached hydrogen (secondary N) is 1. The quantitative estimate of drug-likeness (QED) is 0.759. The Morgan fingerprint density at radius 2 is 2.15 bits per heavy atom. The van der Waals surface area contributed by atoms with Crippen LogP contribution in [0, 0.1) is 0 Å². The molecule has 0 fully saturated rings. The molecule has 0 aliphatic carbocycles. The molecule has 74 valence electrons.